The van der Waals surface area contributed by atoms with Gasteiger partial charge in [0.1, 0.15) is 0 Å². The van der Waals surface area contributed by atoms with E-state index in [4.69, 9.17) is 5.73 Å². The van der Waals surface area contributed by atoms with E-state index in [2.05, 4.69) is 27.0 Å². The Balaban J connectivity index is 0. The van der Waals surface area contributed by atoms with Crippen LogP contribution in [0.25, 0.3) is 0 Å². The van der Waals surface area contributed by atoms with E-state index in [9.17, 15) is 0 Å². The molecule has 0 saturated heterocycles. The molecule has 0 heterocycles. The van der Waals surface area contributed by atoms with Crippen LogP contribution in [0, 0.1) is 0 Å². The zero-order chi connectivity index (χ0) is 9.11. The van der Waals surface area contributed by atoms with Gasteiger partial charge < -0.3 is 5.73 Å². The van der Waals surface area contributed by atoms with Gasteiger partial charge in [-0.3, -0.25) is 0 Å². The van der Waals surface area contributed by atoms with Crippen molar-refractivity contribution in [2.45, 2.75) is 39.5 Å². The molecule has 0 aliphatic heterocycles. The summed E-state index contributed by atoms with van der Waals surface area (Å²) in [5, 5.41) is 0. The Bertz CT molecular complexity index is 95.0. The average Bonchev–Trinajstić information content (AvgIpc) is 2.08. The van der Waals surface area contributed by atoms with Gasteiger partial charge in [0.2, 0.25) is 0 Å². The van der Waals surface area contributed by atoms with Crippen LogP contribution >= 0.6 is 0 Å². The summed E-state index contributed by atoms with van der Waals surface area (Å²) in [6.45, 7) is 10.3. The molecule has 0 atom stereocenters. The summed E-state index contributed by atoms with van der Waals surface area (Å²) in [6, 6.07) is 0. The van der Waals surface area contributed by atoms with E-state index < -0.39 is 0 Å². The van der Waals surface area contributed by atoms with Gasteiger partial charge in [-0.15, -0.1) is 13.2 Å². The van der Waals surface area contributed by atoms with Gasteiger partial charge in [0.25, 0.3) is 0 Å². The highest BCUT2D eigenvalue weighted by molar-refractivity contribution is 4.93. The van der Waals surface area contributed by atoms with E-state index in [0.29, 0.717) is 0 Å². The molecule has 0 aromatic carbocycles. The molecule has 11 heavy (non-hydrogen) atoms. The van der Waals surface area contributed by atoms with Crippen LogP contribution in [0.15, 0.2) is 24.9 Å². The largest absolute Gasteiger partial charge is 0.405 e. The molecule has 66 valence electrons. The van der Waals surface area contributed by atoms with Crippen molar-refractivity contribution in [2.24, 2.45) is 5.73 Å². The molecule has 0 amide bonds. The minimum Gasteiger partial charge on any atom is -0.405 e. The number of unbranched alkanes of at least 4 members (excludes halogenated alkanes) is 2. The third kappa shape index (κ3) is 12.5. The van der Waals surface area contributed by atoms with Crippen molar-refractivity contribution in [1.82, 2.24) is 0 Å². The Kier molecular flexibility index (Phi) is 14.1. The highest BCUT2D eigenvalue weighted by atomic mass is 14.5. The van der Waals surface area contributed by atoms with Crippen LogP contribution < -0.4 is 5.73 Å². The molecule has 0 aliphatic carbocycles. The molecule has 2 N–H and O–H groups in total. The van der Waals surface area contributed by atoms with Gasteiger partial charge in [-0.25, -0.2) is 0 Å². The van der Waals surface area contributed by atoms with Crippen LogP contribution in [0.1, 0.15) is 39.5 Å². The van der Waals surface area contributed by atoms with E-state index in [-0.39, 0.29) is 0 Å². The predicted octanol–water partition coefficient (Wildman–Crippen LogP) is 3.23. The molecule has 0 aromatic heterocycles. The van der Waals surface area contributed by atoms with E-state index in [0.717, 1.165) is 0 Å². The molecule has 1 heteroatoms. The van der Waals surface area contributed by atoms with Crippen molar-refractivity contribution in [2.75, 3.05) is 0 Å². The highest BCUT2D eigenvalue weighted by Gasteiger charge is 1.86. The average molecular weight is 155 g/mol. The van der Waals surface area contributed by atoms with Gasteiger partial charge in [0, 0.05) is 0 Å². The maximum absolute atomic E-state index is 5.29. The molecule has 0 radical (unpaired) electrons. The lowest BCUT2D eigenvalue weighted by Gasteiger charge is -1.96. The number of nitrogens with two attached hydrogens (primary N) is 1. The number of rotatable bonds is 4. The Morgan fingerprint density at radius 2 is 1.91 bits per heavy atom. The number of allylic oxidation sites excluding steroid dienone is 1. The smallest absolute Gasteiger partial charge is 0.00733 e. The molecular formula is C10H21N. The molecular weight excluding hydrogens is 134 g/mol. The third-order valence-electron chi connectivity index (χ3n) is 1.46. The van der Waals surface area contributed by atoms with Crippen molar-refractivity contribution in [3.8, 4) is 0 Å². The lowest BCUT2D eigenvalue weighted by atomic mass is 10.1. The van der Waals surface area contributed by atoms with Crippen molar-refractivity contribution in [1.29, 1.82) is 0 Å². The predicted molar refractivity (Wildman–Crippen MR) is 53.3 cm³/mol. The molecule has 0 spiro atoms. The topological polar surface area (TPSA) is 26.0 Å². The molecule has 1 nitrogen and oxygen atoms in total. The van der Waals surface area contributed by atoms with Gasteiger partial charge in [-0.05, 0) is 26.0 Å². The Hall–Kier alpha value is -0.720. The lowest BCUT2D eigenvalue weighted by molar-refractivity contribution is 0.712. The van der Waals surface area contributed by atoms with Crippen LogP contribution in [-0.2, 0) is 0 Å². The van der Waals surface area contributed by atoms with Gasteiger partial charge in [0.15, 0.2) is 0 Å². The van der Waals surface area contributed by atoms with Crippen LogP contribution in [0.5, 0.6) is 0 Å². The summed E-state index contributed by atoms with van der Waals surface area (Å²) in [7, 11) is 0. The fraction of sp³-hybridized carbons (Fsp3) is 0.600. The summed E-state index contributed by atoms with van der Waals surface area (Å²) < 4.78 is 0. The first-order valence-corrected chi connectivity index (χ1v) is 4.18. The summed E-state index contributed by atoms with van der Waals surface area (Å²) in [5.74, 6) is 0. The van der Waals surface area contributed by atoms with Gasteiger partial charge >= 0.3 is 0 Å². The van der Waals surface area contributed by atoms with Gasteiger partial charge in [-0.1, -0.05) is 25.3 Å². The van der Waals surface area contributed by atoms with Crippen molar-refractivity contribution in [3.05, 3.63) is 24.9 Å². The van der Waals surface area contributed by atoms with E-state index >= 15 is 0 Å². The minimum atomic E-state index is 1.17. The van der Waals surface area contributed by atoms with Crippen molar-refractivity contribution in [3.63, 3.8) is 0 Å². The summed E-state index contributed by atoms with van der Waals surface area (Å²) in [4.78, 5) is 0. The highest BCUT2D eigenvalue weighted by Crippen LogP contribution is 2.05. The third-order valence-corrected chi connectivity index (χ3v) is 1.46. The van der Waals surface area contributed by atoms with Crippen LogP contribution in [0.2, 0.25) is 0 Å². The molecule has 0 aromatic rings. The first-order valence-electron chi connectivity index (χ1n) is 4.18. The Morgan fingerprint density at radius 3 is 2.27 bits per heavy atom. The zero-order valence-electron chi connectivity index (χ0n) is 7.90. The fourth-order valence-corrected chi connectivity index (χ4v) is 0.737. The van der Waals surface area contributed by atoms with Crippen molar-refractivity contribution < 1.29 is 0 Å². The van der Waals surface area contributed by atoms with E-state index in [1.807, 2.05) is 0 Å². The Labute approximate surface area is 71.0 Å². The summed E-state index contributed by atoms with van der Waals surface area (Å²) in [5.41, 5.74) is 6.60. The quantitative estimate of drug-likeness (QED) is 0.489. The van der Waals surface area contributed by atoms with Gasteiger partial charge in [0.05, 0.1) is 0 Å². The molecule has 0 saturated carbocycles. The molecule has 0 fully saturated rings. The molecule has 0 aliphatic rings. The summed E-state index contributed by atoms with van der Waals surface area (Å²) in [6.07, 6.45) is 6.78. The number of hydrogen-bond acceptors (Lipinski definition) is 1. The second-order valence-corrected chi connectivity index (χ2v) is 2.47. The van der Waals surface area contributed by atoms with Crippen LogP contribution in [0.4, 0.5) is 0 Å². The van der Waals surface area contributed by atoms with Crippen LogP contribution in [-0.4, -0.2) is 0 Å². The second kappa shape index (κ2) is 12.0. The van der Waals surface area contributed by atoms with E-state index in [1.54, 1.807) is 6.20 Å². The maximum atomic E-state index is 5.29. The normalized spacial score (nSPS) is 10.2. The molecule has 0 rings (SSSR count). The summed E-state index contributed by atoms with van der Waals surface area (Å²) >= 11 is 0. The number of hydrogen-bond donors (Lipinski definition) is 1. The SMILES string of the molecule is C=C.CCCCC/C(C)=C/N. The first kappa shape index (κ1) is 12.9. The fourth-order valence-electron chi connectivity index (χ4n) is 0.737. The maximum Gasteiger partial charge on any atom is -0.00733 e. The first-order chi connectivity index (χ1) is 5.31. The zero-order valence-corrected chi connectivity index (χ0v) is 7.90. The van der Waals surface area contributed by atoms with Gasteiger partial charge in [-0.2, -0.15) is 0 Å². The van der Waals surface area contributed by atoms with Crippen LogP contribution in [0.3, 0.4) is 0 Å². The second-order valence-electron chi connectivity index (χ2n) is 2.47. The Morgan fingerprint density at radius 1 is 1.36 bits per heavy atom. The minimum absolute atomic E-state index is 1.17. The lowest BCUT2D eigenvalue weighted by Crippen LogP contribution is -1.84. The van der Waals surface area contributed by atoms with Crippen molar-refractivity contribution >= 4 is 0 Å². The van der Waals surface area contributed by atoms with E-state index in [1.165, 1.54) is 31.3 Å². The monoisotopic (exact) mass is 155 g/mol. The standard InChI is InChI=1S/C8H17N.C2H4/c1-3-4-5-6-8(2)7-9;1-2/h7H,3-6,9H2,1-2H3;1-2H2/b8-7+;. The molecule has 0 unspecified atom stereocenters. The molecule has 0 bridgehead atoms.